The summed E-state index contributed by atoms with van der Waals surface area (Å²) >= 11 is 0. The second kappa shape index (κ2) is 9.57. The number of hydrogen-bond acceptors (Lipinski definition) is 4. The van der Waals surface area contributed by atoms with Crippen molar-refractivity contribution < 1.29 is 19.3 Å². The van der Waals surface area contributed by atoms with E-state index in [4.69, 9.17) is 6.11 Å². The monoisotopic (exact) mass is 417 g/mol. The van der Waals surface area contributed by atoms with E-state index in [1.54, 1.807) is 39.0 Å². The third kappa shape index (κ3) is 6.17. The van der Waals surface area contributed by atoms with E-state index >= 15 is 0 Å². The fourth-order valence-corrected chi connectivity index (χ4v) is 4.53. The zero-order valence-corrected chi connectivity index (χ0v) is 18.9. The highest BCUT2D eigenvalue weighted by molar-refractivity contribution is 7.91. The van der Waals surface area contributed by atoms with Crippen LogP contribution in [0.4, 0.5) is 0 Å². The quantitative estimate of drug-likeness (QED) is 0.396. The number of unbranched alkanes of at least 4 members (excludes halogenated alkanes) is 3. The molecular weight excluding hydrogens is 384 g/mol. The Kier molecular flexibility index (Phi) is 7.12. The predicted octanol–water partition coefficient (Wildman–Crippen LogP) is 5.91. The molecule has 0 spiro atoms. The number of rotatable bonds is 8. The van der Waals surface area contributed by atoms with Gasteiger partial charge in [-0.3, -0.25) is 0 Å². The highest BCUT2D eigenvalue weighted by atomic mass is 32.2. The molecule has 0 saturated heterocycles. The molecule has 0 saturated carbocycles. The van der Waals surface area contributed by atoms with Crippen LogP contribution < -0.4 is 0 Å². The minimum atomic E-state index is -3.99. The standard InChI is InChI=1S/C24H32O4S/c1-6-7-8-9-11-19-12-10-13-21(22(19)23(25)28-24(3,4)5)29(26,27)20-16-14-18(2)15-17-20/h10,12-17H,6-9,11H2,1-5H3/i10D. The topological polar surface area (TPSA) is 60.4 Å². The van der Waals surface area contributed by atoms with Crippen LogP contribution in [0.2, 0.25) is 0 Å². The van der Waals surface area contributed by atoms with E-state index < -0.39 is 21.4 Å². The van der Waals surface area contributed by atoms with Crippen LogP contribution in [0.3, 0.4) is 0 Å². The van der Waals surface area contributed by atoms with Gasteiger partial charge in [0.05, 0.1) is 16.7 Å². The molecule has 158 valence electrons. The van der Waals surface area contributed by atoms with Crippen LogP contribution >= 0.6 is 0 Å². The number of hydrogen-bond donors (Lipinski definition) is 0. The van der Waals surface area contributed by atoms with E-state index in [2.05, 4.69) is 6.92 Å². The van der Waals surface area contributed by atoms with Crippen molar-refractivity contribution in [2.75, 3.05) is 0 Å². The van der Waals surface area contributed by atoms with Crippen LogP contribution in [0, 0.1) is 6.92 Å². The molecule has 0 unspecified atom stereocenters. The lowest BCUT2D eigenvalue weighted by Crippen LogP contribution is -2.26. The second-order valence-corrected chi connectivity index (χ2v) is 10.3. The van der Waals surface area contributed by atoms with Crippen molar-refractivity contribution in [3.8, 4) is 0 Å². The minimum absolute atomic E-state index is 0.0537. The van der Waals surface area contributed by atoms with Gasteiger partial charge in [0.1, 0.15) is 5.60 Å². The third-order valence-electron chi connectivity index (χ3n) is 4.56. The van der Waals surface area contributed by atoms with Gasteiger partial charge in [0.25, 0.3) is 0 Å². The molecule has 0 aliphatic carbocycles. The zero-order valence-electron chi connectivity index (χ0n) is 19.0. The third-order valence-corrected chi connectivity index (χ3v) is 6.36. The van der Waals surface area contributed by atoms with E-state index in [0.29, 0.717) is 12.0 Å². The Morgan fingerprint density at radius 1 is 1.03 bits per heavy atom. The Hall–Kier alpha value is -2.14. The number of esters is 1. The van der Waals surface area contributed by atoms with E-state index in [1.807, 2.05) is 6.92 Å². The number of carbonyl (C=O) groups excluding carboxylic acids is 1. The van der Waals surface area contributed by atoms with Gasteiger partial charge in [0, 0.05) is 0 Å². The SMILES string of the molecule is [2H]c1cc(CCCCCC)c(C(=O)OC(C)(C)C)c(S(=O)(=O)c2ccc(C)cc2)c1. The molecule has 0 amide bonds. The van der Waals surface area contributed by atoms with Gasteiger partial charge in [-0.25, -0.2) is 13.2 Å². The lowest BCUT2D eigenvalue weighted by molar-refractivity contribution is 0.00638. The second-order valence-electron chi connectivity index (χ2n) is 8.35. The largest absolute Gasteiger partial charge is 0.456 e. The summed E-state index contributed by atoms with van der Waals surface area (Å²) in [5, 5.41) is 0. The molecular formula is C24H32O4S. The van der Waals surface area contributed by atoms with Crippen LogP contribution in [-0.4, -0.2) is 20.0 Å². The number of carbonyl (C=O) groups is 1. The number of ether oxygens (including phenoxy) is 1. The summed E-state index contributed by atoms with van der Waals surface area (Å²) in [6.45, 7) is 9.24. The molecule has 2 rings (SSSR count). The fourth-order valence-electron chi connectivity index (χ4n) is 3.08. The molecule has 0 bridgehead atoms. The Balaban J connectivity index is 2.63. The molecule has 0 radical (unpaired) electrons. The average molecular weight is 418 g/mol. The van der Waals surface area contributed by atoms with Gasteiger partial charge in [0.2, 0.25) is 9.84 Å². The summed E-state index contributed by atoms with van der Waals surface area (Å²) < 4.78 is 40.6. The zero-order chi connectivity index (χ0) is 22.5. The predicted molar refractivity (Wildman–Crippen MR) is 116 cm³/mol. The molecule has 0 atom stereocenters. The summed E-state index contributed by atoms with van der Waals surface area (Å²) in [7, 11) is -3.99. The first-order valence-corrected chi connectivity index (χ1v) is 11.6. The molecule has 2 aromatic carbocycles. The van der Waals surface area contributed by atoms with Crippen molar-refractivity contribution in [1.82, 2.24) is 0 Å². The molecule has 29 heavy (non-hydrogen) atoms. The molecule has 4 nitrogen and oxygen atoms in total. The molecule has 5 heteroatoms. The lowest BCUT2D eigenvalue weighted by Gasteiger charge is -2.22. The Bertz CT molecular complexity index is 987. The summed E-state index contributed by atoms with van der Waals surface area (Å²) in [5.74, 6) is -0.668. The van der Waals surface area contributed by atoms with Crippen LogP contribution in [-0.2, 0) is 21.0 Å². The van der Waals surface area contributed by atoms with Crippen molar-refractivity contribution in [2.45, 2.75) is 82.1 Å². The van der Waals surface area contributed by atoms with Crippen LogP contribution in [0.15, 0.2) is 52.2 Å². The number of benzene rings is 2. The average Bonchev–Trinajstić information content (AvgIpc) is 2.63. The molecule has 0 aromatic heterocycles. The summed E-state index contributed by atoms with van der Waals surface area (Å²) in [5.41, 5.74) is 0.782. The fraction of sp³-hybridized carbons (Fsp3) is 0.458. The van der Waals surface area contributed by atoms with Gasteiger partial charge >= 0.3 is 5.97 Å². The van der Waals surface area contributed by atoms with Crippen molar-refractivity contribution >= 4 is 15.8 Å². The number of sulfone groups is 1. The minimum Gasteiger partial charge on any atom is -0.456 e. The van der Waals surface area contributed by atoms with Crippen molar-refractivity contribution in [3.05, 3.63) is 59.1 Å². The summed E-state index contributed by atoms with van der Waals surface area (Å²) in [4.78, 5) is 13.0. The first-order valence-electron chi connectivity index (χ1n) is 10.6. The van der Waals surface area contributed by atoms with Gasteiger partial charge in [-0.05, 0) is 64.3 Å². The highest BCUT2D eigenvalue weighted by Crippen LogP contribution is 2.29. The highest BCUT2D eigenvalue weighted by Gasteiger charge is 2.29. The first-order chi connectivity index (χ1) is 14.0. The molecule has 0 aliphatic heterocycles. The van der Waals surface area contributed by atoms with E-state index in [0.717, 1.165) is 31.2 Å². The van der Waals surface area contributed by atoms with Gasteiger partial charge in [-0.1, -0.05) is 56.0 Å². The molecule has 0 heterocycles. The van der Waals surface area contributed by atoms with E-state index in [1.165, 1.54) is 18.2 Å². The number of aryl methyl sites for hydroxylation is 2. The Morgan fingerprint density at radius 2 is 1.69 bits per heavy atom. The maximum Gasteiger partial charge on any atom is 0.340 e. The van der Waals surface area contributed by atoms with E-state index in [-0.39, 0.29) is 21.4 Å². The maximum absolute atomic E-state index is 13.4. The van der Waals surface area contributed by atoms with Crippen molar-refractivity contribution in [2.24, 2.45) is 0 Å². The van der Waals surface area contributed by atoms with Crippen molar-refractivity contribution in [1.29, 1.82) is 0 Å². The van der Waals surface area contributed by atoms with Gasteiger partial charge < -0.3 is 4.74 Å². The summed E-state index contributed by atoms with van der Waals surface area (Å²) in [6.07, 6.45) is 4.46. The molecule has 0 aliphatic rings. The molecule has 0 N–H and O–H groups in total. The van der Waals surface area contributed by atoms with Gasteiger partial charge in [0.15, 0.2) is 0 Å². The Morgan fingerprint density at radius 3 is 2.28 bits per heavy atom. The van der Waals surface area contributed by atoms with Gasteiger partial charge in [-0.2, -0.15) is 0 Å². The normalized spacial score (nSPS) is 12.5. The Labute approximate surface area is 176 Å². The smallest absolute Gasteiger partial charge is 0.340 e. The van der Waals surface area contributed by atoms with Crippen LogP contribution in [0.5, 0.6) is 0 Å². The first kappa shape index (κ1) is 21.6. The van der Waals surface area contributed by atoms with Gasteiger partial charge in [-0.15, -0.1) is 0 Å². The maximum atomic E-state index is 13.4. The summed E-state index contributed by atoms with van der Waals surface area (Å²) in [6, 6.07) is 9.40. The van der Waals surface area contributed by atoms with Crippen LogP contribution in [0.25, 0.3) is 0 Å². The lowest BCUT2D eigenvalue weighted by atomic mass is 10.0. The van der Waals surface area contributed by atoms with Crippen LogP contribution in [0.1, 0.15) is 76.2 Å². The van der Waals surface area contributed by atoms with E-state index in [9.17, 15) is 13.2 Å². The van der Waals surface area contributed by atoms with Crippen molar-refractivity contribution in [3.63, 3.8) is 0 Å². The molecule has 2 aromatic rings. The molecule has 0 fully saturated rings.